The summed E-state index contributed by atoms with van der Waals surface area (Å²) < 4.78 is 2.06. The Bertz CT molecular complexity index is 550. The summed E-state index contributed by atoms with van der Waals surface area (Å²) >= 11 is 1.71. The second kappa shape index (κ2) is 4.32. The van der Waals surface area contributed by atoms with Gasteiger partial charge in [0.05, 0.1) is 29.7 Å². The van der Waals surface area contributed by atoms with Gasteiger partial charge in [0.1, 0.15) is 5.69 Å². The lowest BCUT2D eigenvalue weighted by atomic mass is 10.2. The van der Waals surface area contributed by atoms with Crippen LogP contribution in [0.5, 0.6) is 0 Å². The van der Waals surface area contributed by atoms with E-state index in [1.54, 1.807) is 11.3 Å². The minimum atomic E-state index is 0.500. The lowest BCUT2D eigenvalue weighted by molar-refractivity contribution is 0.237. The van der Waals surface area contributed by atoms with Crippen molar-refractivity contribution in [2.24, 2.45) is 0 Å². The van der Waals surface area contributed by atoms with Gasteiger partial charge >= 0.3 is 0 Å². The number of nitrogens with zero attached hydrogens (tertiary/aromatic N) is 4. The Morgan fingerprint density at radius 2 is 2.41 bits per heavy atom. The molecule has 1 aliphatic rings. The smallest absolute Gasteiger partial charge is 0.103 e. The van der Waals surface area contributed by atoms with Crippen LogP contribution < -0.4 is 0 Å². The number of hydrogen-bond donors (Lipinski definition) is 0. The van der Waals surface area contributed by atoms with Crippen LogP contribution in [0.4, 0.5) is 0 Å². The zero-order valence-corrected chi connectivity index (χ0v) is 10.2. The summed E-state index contributed by atoms with van der Waals surface area (Å²) in [6.07, 6.45) is 0. The Morgan fingerprint density at radius 1 is 1.47 bits per heavy atom. The minimum Gasteiger partial charge on any atom is -0.283 e. The Labute approximate surface area is 104 Å². The second-order valence-corrected chi connectivity index (χ2v) is 5.04. The van der Waals surface area contributed by atoms with Gasteiger partial charge in [-0.15, -0.1) is 11.3 Å². The Hall–Kier alpha value is -1.64. The third kappa shape index (κ3) is 1.97. The number of aromatic nitrogens is 2. The standard InChI is InChI=1S/C12H12N4S/c13-3-4-15-5-6-16-10(9-15)8-11(14-16)12-2-1-7-17-12/h1-2,7-8H,4-6,9H2. The molecule has 0 amide bonds. The highest BCUT2D eigenvalue weighted by molar-refractivity contribution is 7.13. The van der Waals surface area contributed by atoms with Crippen molar-refractivity contribution in [1.29, 1.82) is 5.26 Å². The van der Waals surface area contributed by atoms with Crippen LogP contribution in [0.2, 0.25) is 0 Å². The van der Waals surface area contributed by atoms with Crippen LogP contribution in [0.3, 0.4) is 0 Å². The molecule has 2 aromatic heterocycles. The van der Waals surface area contributed by atoms with Crippen molar-refractivity contribution in [1.82, 2.24) is 14.7 Å². The Kier molecular flexibility index (Phi) is 2.67. The molecule has 0 spiro atoms. The summed E-state index contributed by atoms with van der Waals surface area (Å²) in [4.78, 5) is 3.36. The minimum absolute atomic E-state index is 0.500. The van der Waals surface area contributed by atoms with E-state index in [1.165, 1.54) is 10.6 Å². The van der Waals surface area contributed by atoms with Crippen LogP contribution in [-0.4, -0.2) is 27.8 Å². The van der Waals surface area contributed by atoms with E-state index in [0.717, 1.165) is 25.3 Å². The van der Waals surface area contributed by atoms with E-state index in [0.29, 0.717) is 6.54 Å². The summed E-state index contributed by atoms with van der Waals surface area (Å²) in [5.74, 6) is 0. The van der Waals surface area contributed by atoms with Gasteiger partial charge in [-0.25, -0.2) is 0 Å². The predicted molar refractivity (Wildman–Crippen MR) is 66.4 cm³/mol. The van der Waals surface area contributed by atoms with Gasteiger partial charge in [0.15, 0.2) is 0 Å². The average molecular weight is 244 g/mol. The molecule has 0 unspecified atom stereocenters. The van der Waals surface area contributed by atoms with E-state index in [9.17, 15) is 0 Å². The van der Waals surface area contributed by atoms with Crippen molar-refractivity contribution in [3.05, 3.63) is 29.3 Å². The summed E-state index contributed by atoms with van der Waals surface area (Å²) in [5.41, 5.74) is 2.25. The molecule has 0 saturated carbocycles. The van der Waals surface area contributed by atoms with Gasteiger partial charge in [-0.2, -0.15) is 10.4 Å². The molecule has 17 heavy (non-hydrogen) atoms. The molecule has 3 rings (SSSR count). The first-order chi connectivity index (χ1) is 8.36. The first-order valence-electron chi connectivity index (χ1n) is 5.57. The van der Waals surface area contributed by atoms with Gasteiger partial charge in [-0.1, -0.05) is 6.07 Å². The maximum absolute atomic E-state index is 8.71. The van der Waals surface area contributed by atoms with Gasteiger partial charge in [-0.05, 0) is 17.5 Å². The van der Waals surface area contributed by atoms with Gasteiger partial charge in [-0.3, -0.25) is 9.58 Å². The fraction of sp³-hybridized carbons (Fsp3) is 0.333. The molecule has 2 aromatic rings. The largest absolute Gasteiger partial charge is 0.283 e. The highest BCUT2D eigenvalue weighted by atomic mass is 32.1. The van der Waals surface area contributed by atoms with E-state index in [2.05, 4.69) is 38.3 Å². The quantitative estimate of drug-likeness (QED) is 0.758. The molecular formula is C12H12N4S. The molecule has 4 nitrogen and oxygen atoms in total. The summed E-state index contributed by atoms with van der Waals surface area (Å²) in [6.45, 7) is 3.11. The van der Waals surface area contributed by atoms with Gasteiger partial charge < -0.3 is 0 Å². The van der Waals surface area contributed by atoms with Gasteiger partial charge in [0.2, 0.25) is 0 Å². The molecule has 1 aliphatic heterocycles. The van der Waals surface area contributed by atoms with Crippen molar-refractivity contribution >= 4 is 11.3 Å². The maximum Gasteiger partial charge on any atom is 0.103 e. The van der Waals surface area contributed by atoms with Crippen molar-refractivity contribution in [3.63, 3.8) is 0 Å². The highest BCUT2D eigenvalue weighted by Crippen LogP contribution is 2.25. The molecule has 0 fully saturated rings. The zero-order chi connectivity index (χ0) is 11.7. The fourth-order valence-electron chi connectivity index (χ4n) is 2.10. The van der Waals surface area contributed by atoms with Gasteiger partial charge in [0.25, 0.3) is 0 Å². The average Bonchev–Trinajstić information content (AvgIpc) is 2.97. The lowest BCUT2D eigenvalue weighted by Crippen LogP contribution is -2.33. The van der Waals surface area contributed by atoms with Crippen LogP contribution in [0.15, 0.2) is 23.6 Å². The number of rotatable bonds is 2. The molecule has 0 N–H and O–H groups in total. The molecule has 0 saturated heterocycles. The number of nitriles is 1. The third-order valence-electron chi connectivity index (χ3n) is 2.94. The van der Waals surface area contributed by atoms with E-state index in [4.69, 9.17) is 5.26 Å². The van der Waals surface area contributed by atoms with E-state index in [-0.39, 0.29) is 0 Å². The second-order valence-electron chi connectivity index (χ2n) is 4.09. The number of hydrogen-bond acceptors (Lipinski definition) is 4. The fourth-order valence-corrected chi connectivity index (χ4v) is 2.78. The molecule has 86 valence electrons. The summed E-state index contributed by atoms with van der Waals surface area (Å²) in [7, 11) is 0. The number of thiophene rings is 1. The van der Waals surface area contributed by atoms with Crippen LogP contribution >= 0.6 is 11.3 Å². The lowest BCUT2D eigenvalue weighted by Gasteiger charge is -2.24. The Balaban J connectivity index is 1.87. The normalized spacial score (nSPS) is 15.5. The third-order valence-corrected chi connectivity index (χ3v) is 3.84. The van der Waals surface area contributed by atoms with Crippen molar-refractivity contribution in [2.45, 2.75) is 13.1 Å². The molecule has 0 radical (unpaired) electrons. The maximum atomic E-state index is 8.71. The van der Waals surface area contributed by atoms with Crippen molar-refractivity contribution in [2.75, 3.05) is 13.1 Å². The van der Waals surface area contributed by atoms with E-state index >= 15 is 0 Å². The molecular weight excluding hydrogens is 232 g/mol. The highest BCUT2D eigenvalue weighted by Gasteiger charge is 2.18. The van der Waals surface area contributed by atoms with Crippen LogP contribution in [0, 0.1) is 11.3 Å². The van der Waals surface area contributed by atoms with Crippen molar-refractivity contribution in [3.8, 4) is 16.6 Å². The van der Waals surface area contributed by atoms with Crippen LogP contribution in [0.25, 0.3) is 10.6 Å². The summed E-state index contributed by atoms with van der Waals surface area (Å²) in [5, 5.41) is 15.4. The zero-order valence-electron chi connectivity index (χ0n) is 9.33. The van der Waals surface area contributed by atoms with Crippen LogP contribution in [-0.2, 0) is 13.1 Å². The van der Waals surface area contributed by atoms with Crippen molar-refractivity contribution < 1.29 is 0 Å². The first kappa shape index (κ1) is 10.5. The molecule has 3 heterocycles. The topological polar surface area (TPSA) is 44.9 Å². The number of fused-ring (bicyclic) bond motifs is 1. The van der Waals surface area contributed by atoms with E-state index in [1.807, 2.05) is 6.07 Å². The molecule has 0 aliphatic carbocycles. The van der Waals surface area contributed by atoms with E-state index < -0.39 is 0 Å². The molecule has 0 bridgehead atoms. The van der Waals surface area contributed by atoms with Gasteiger partial charge in [0, 0.05) is 13.1 Å². The molecule has 0 aromatic carbocycles. The van der Waals surface area contributed by atoms with Crippen LogP contribution in [0.1, 0.15) is 5.69 Å². The molecule has 5 heteroatoms. The first-order valence-corrected chi connectivity index (χ1v) is 6.45. The Morgan fingerprint density at radius 3 is 3.18 bits per heavy atom. The molecule has 0 atom stereocenters. The SMILES string of the molecule is N#CCN1CCn2nc(-c3cccs3)cc2C1. The summed E-state index contributed by atoms with van der Waals surface area (Å²) in [6, 6.07) is 8.47. The predicted octanol–water partition coefficient (Wildman–Crippen LogP) is 1.95. The monoisotopic (exact) mass is 244 g/mol.